The third-order valence-corrected chi connectivity index (χ3v) is 5.73. The van der Waals surface area contributed by atoms with Gasteiger partial charge in [0, 0.05) is 19.5 Å². The van der Waals surface area contributed by atoms with Gasteiger partial charge in [-0.25, -0.2) is 18.0 Å². The maximum Gasteiger partial charge on any atom is 0.320 e. The summed E-state index contributed by atoms with van der Waals surface area (Å²) >= 11 is 0. The number of rotatable bonds is 7. The number of hydrogen-bond acceptors (Lipinski definition) is 2. The van der Waals surface area contributed by atoms with Crippen LogP contribution in [0.2, 0.25) is 0 Å². The Morgan fingerprint density at radius 2 is 1.51 bits per heavy atom. The first-order valence-electron chi connectivity index (χ1n) is 11.1. The predicted octanol–water partition coefficient (Wildman–Crippen LogP) is 6.64. The van der Waals surface area contributed by atoms with Crippen LogP contribution in [0.3, 0.4) is 0 Å². The molecular formula is C28H24F3N3O. The van der Waals surface area contributed by atoms with E-state index in [0.717, 1.165) is 17.2 Å². The van der Waals surface area contributed by atoms with E-state index >= 15 is 0 Å². The van der Waals surface area contributed by atoms with Gasteiger partial charge in [0.15, 0.2) is 5.82 Å². The number of nitrogens with zero attached hydrogens (tertiary/aromatic N) is 1. The maximum absolute atomic E-state index is 14.8. The number of alkyl halides is 2. The molecule has 4 nitrogen and oxygen atoms in total. The Kier molecular flexibility index (Phi) is 6.87. The number of amides is 2. The minimum atomic E-state index is -3.40. The average molecular weight is 476 g/mol. The first kappa shape index (κ1) is 24.0. The van der Waals surface area contributed by atoms with Crippen LogP contribution < -0.4 is 10.6 Å². The van der Waals surface area contributed by atoms with Crippen molar-refractivity contribution in [1.29, 1.82) is 0 Å². The van der Waals surface area contributed by atoms with Gasteiger partial charge in [-0.15, -0.1) is 0 Å². The van der Waals surface area contributed by atoms with E-state index in [2.05, 4.69) is 15.6 Å². The van der Waals surface area contributed by atoms with E-state index < -0.39 is 28.9 Å². The minimum absolute atomic E-state index is 0.343. The van der Waals surface area contributed by atoms with E-state index in [1.807, 2.05) is 66.7 Å². The number of nitrogens with one attached hydrogen (secondary N) is 2. The lowest BCUT2D eigenvalue weighted by atomic mass is 9.80. The highest BCUT2D eigenvalue weighted by Crippen LogP contribution is 2.34. The molecule has 0 saturated heterocycles. The minimum Gasteiger partial charge on any atom is -0.322 e. The van der Waals surface area contributed by atoms with Crippen molar-refractivity contribution in [2.45, 2.75) is 24.8 Å². The van der Waals surface area contributed by atoms with Crippen LogP contribution >= 0.6 is 0 Å². The Balaban J connectivity index is 1.77. The summed E-state index contributed by atoms with van der Waals surface area (Å²) in [5.74, 6) is -4.57. The first-order valence-corrected chi connectivity index (χ1v) is 11.1. The number of hydrogen-bond donors (Lipinski definition) is 2. The molecule has 0 aliphatic carbocycles. The summed E-state index contributed by atoms with van der Waals surface area (Å²) in [4.78, 5) is 17.8. The number of carbonyl (C=O) groups excluding carboxylic acids is 1. The Labute approximate surface area is 201 Å². The summed E-state index contributed by atoms with van der Waals surface area (Å²) in [6.07, 6.45) is 1.97. The topological polar surface area (TPSA) is 54.0 Å². The Bertz CT molecular complexity index is 1240. The number of halogens is 3. The molecule has 7 heteroatoms. The van der Waals surface area contributed by atoms with E-state index in [1.165, 1.54) is 12.1 Å². The van der Waals surface area contributed by atoms with Crippen molar-refractivity contribution in [3.8, 4) is 0 Å². The fraction of sp³-hybridized carbons (Fsp3) is 0.143. The molecule has 3 aromatic carbocycles. The molecule has 1 atom stereocenters. The number of anilines is 1. The maximum atomic E-state index is 14.8. The number of urea groups is 1. The molecule has 0 saturated carbocycles. The fourth-order valence-electron chi connectivity index (χ4n) is 4.08. The smallest absolute Gasteiger partial charge is 0.320 e. The first-order chi connectivity index (χ1) is 16.8. The summed E-state index contributed by atoms with van der Waals surface area (Å²) in [5.41, 5.74) is -0.00741. The van der Waals surface area contributed by atoms with Crippen molar-refractivity contribution in [2.75, 3.05) is 5.32 Å². The number of benzene rings is 3. The van der Waals surface area contributed by atoms with Gasteiger partial charge in [0.25, 0.3) is 5.92 Å². The van der Waals surface area contributed by atoms with Gasteiger partial charge in [-0.2, -0.15) is 0 Å². The van der Waals surface area contributed by atoms with Crippen LogP contribution in [0.5, 0.6) is 0 Å². The number of carbonyl (C=O) groups is 1. The highest BCUT2D eigenvalue weighted by molar-refractivity contribution is 5.90. The van der Waals surface area contributed by atoms with E-state index in [4.69, 9.17) is 0 Å². The van der Waals surface area contributed by atoms with E-state index in [1.54, 1.807) is 18.3 Å². The lowest BCUT2D eigenvalue weighted by Crippen LogP contribution is -2.50. The van der Waals surface area contributed by atoms with Gasteiger partial charge in [0.05, 0.1) is 16.9 Å². The molecule has 0 radical (unpaired) electrons. The zero-order chi connectivity index (χ0) is 24.9. The van der Waals surface area contributed by atoms with Gasteiger partial charge in [0.2, 0.25) is 0 Å². The van der Waals surface area contributed by atoms with Crippen molar-refractivity contribution >= 4 is 11.7 Å². The van der Waals surface area contributed by atoms with Crippen molar-refractivity contribution in [3.63, 3.8) is 0 Å². The van der Waals surface area contributed by atoms with Crippen LogP contribution in [-0.4, -0.2) is 11.0 Å². The normalized spacial score (nSPS) is 13.0. The Morgan fingerprint density at radius 3 is 2.14 bits per heavy atom. The Hall–Kier alpha value is -4.13. The van der Waals surface area contributed by atoms with Crippen molar-refractivity contribution in [3.05, 3.63) is 131 Å². The zero-order valence-corrected chi connectivity index (χ0v) is 19.0. The van der Waals surface area contributed by atoms with E-state index in [0.29, 0.717) is 19.0 Å². The van der Waals surface area contributed by atoms with E-state index in [-0.39, 0.29) is 5.69 Å². The lowest BCUT2D eigenvalue weighted by Gasteiger charge is -2.35. The SMILES string of the molecule is CC(F)(F)c1cccc(NC(=O)NC(Cc2ccccc2)(c2ccccc2)c2ccccn2)c1F. The summed E-state index contributed by atoms with van der Waals surface area (Å²) in [7, 11) is 0. The molecule has 178 valence electrons. The average Bonchev–Trinajstić information content (AvgIpc) is 2.86. The molecule has 4 rings (SSSR count). The van der Waals surface area contributed by atoms with Gasteiger partial charge in [-0.3, -0.25) is 4.98 Å². The lowest BCUT2D eigenvalue weighted by molar-refractivity contribution is 0.0139. The molecule has 0 spiro atoms. The fourth-order valence-corrected chi connectivity index (χ4v) is 4.08. The van der Waals surface area contributed by atoms with Crippen LogP contribution in [-0.2, 0) is 17.9 Å². The molecule has 0 bridgehead atoms. The molecule has 1 unspecified atom stereocenters. The third-order valence-electron chi connectivity index (χ3n) is 5.73. The monoisotopic (exact) mass is 475 g/mol. The van der Waals surface area contributed by atoms with Crippen LogP contribution in [0.15, 0.2) is 103 Å². The molecule has 2 amide bonds. The van der Waals surface area contributed by atoms with Crippen LogP contribution in [0, 0.1) is 5.82 Å². The highest BCUT2D eigenvalue weighted by Gasteiger charge is 2.38. The quantitative estimate of drug-likeness (QED) is 0.315. The standard InChI is InChI=1S/C28H24F3N3O/c1-27(30,31)22-15-10-16-23(25(22)29)33-26(35)34-28(21-13-6-3-7-14-21,24-17-8-9-18-32-24)19-20-11-4-2-5-12-20/h2-18H,19H2,1H3,(H2,33,34,35). The molecule has 0 fully saturated rings. The molecule has 1 aromatic heterocycles. The van der Waals surface area contributed by atoms with E-state index in [9.17, 15) is 18.0 Å². The van der Waals surface area contributed by atoms with Gasteiger partial charge in [-0.1, -0.05) is 72.8 Å². The third kappa shape index (κ3) is 5.35. The second-order valence-electron chi connectivity index (χ2n) is 8.28. The molecule has 2 N–H and O–H groups in total. The summed E-state index contributed by atoms with van der Waals surface area (Å²) in [6.45, 7) is 0.608. The molecule has 1 heterocycles. The van der Waals surface area contributed by atoms with Gasteiger partial charge in [0.1, 0.15) is 5.54 Å². The van der Waals surface area contributed by atoms with Gasteiger partial charge in [-0.05, 0) is 35.4 Å². The van der Waals surface area contributed by atoms with Crippen molar-refractivity contribution in [1.82, 2.24) is 10.3 Å². The van der Waals surface area contributed by atoms with Crippen LogP contribution in [0.4, 0.5) is 23.7 Å². The molecule has 0 aliphatic heterocycles. The molecular weight excluding hydrogens is 451 g/mol. The summed E-state index contributed by atoms with van der Waals surface area (Å²) < 4.78 is 42.4. The summed E-state index contributed by atoms with van der Waals surface area (Å²) in [5, 5.41) is 5.40. The predicted molar refractivity (Wildman–Crippen MR) is 130 cm³/mol. The van der Waals surface area contributed by atoms with Crippen LogP contribution in [0.25, 0.3) is 0 Å². The molecule has 4 aromatic rings. The molecule has 35 heavy (non-hydrogen) atoms. The summed E-state index contributed by atoms with van der Waals surface area (Å²) in [6, 6.07) is 27.0. The Morgan fingerprint density at radius 1 is 0.857 bits per heavy atom. The van der Waals surface area contributed by atoms with Gasteiger partial charge < -0.3 is 10.6 Å². The zero-order valence-electron chi connectivity index (χ0n) is 19.0. The van der Waals surface area contributed by atoms with Crippen LogP contribution in [0.1, 0.15) is 29.3 Å². The van der Waals surface area contributed by atoms with Gasteiger partial charge >= 0.3 is 6.03 Å². The second kappa shape index (κ2) is 10.0. The second-order valence-corrected chi connectivity index (χ2v) is 8.28. The highest BCUT2D eigenvalue weighted by atomic mass is 19.3. The molecule has 0 aliphatic rings. The van der Waals surface area contributed by atoms with Crippen molar-refractivity contribution < 1.29 is 18.0 Å². The number of aromatic nitrogens is 1. The number of pyridine rings is 1. The largest absolute Gasteiger partial charge is 0.322 e. The van der Waals surface area contributed by atoms with Crippen molar-refractivity contribution in [2.24, 2.45) is 0 Å².